The molecular weight excluding hydrogens is 370 g/mol. The number of carbonyl (C=O) groups excluding carboxylic acids is 2. The van der Waals surface area contributed by atoms with Crippen LogP contribution in [0.5, 0.6) is 5.75 Å². The van der Waals surface area contributed by atoms with Crippen molar-refractivity contribution in [1.82, 2.24) is 9.88 Å². The zero-order chi connectivity index (χ0) is 20.6. The van der Waals surface area contributed by atoms with E-state index in [-0.39, 0.29) is 11.9 Å². The number of hydrogen-bond donors (Lipinski definition) is 0. The molecule has 0 N–H and O–H groups in total. The van der Waals surface area contributed by atoms with E-state index in [0.29, 0.717) is 31.7 Å². The van der Waals surface area contributed by atoms with E-state index in [1.165, 1.54) is 0 Å². The van der Waals surface area contributed by atoms with Gasteiger partial charge in [-0.1, -0.05) is 12.1 Å². The van der Waals surface area contributed by atoms with Crippen LogP contribution < -0.4 is 9.64 Å². The highest BCUT2D eigenvalue weighted by Crippen LogP contribution is 2.16. The Bertz CT molecular complexity index is 821. The topological polar surface area (TPSA) is 72.0 Å². The van der Waals surface area contributed by atoms with Gasteiger partial charge in [0, 0.05) is 32.4 Å². The Morgan fingerprint density at radius 1 is 1.03 bits per heavy atom. The highest BCUT2D eigenvalue weighted by Gasteiger charge is 2.20. The van der Waals surface area contributed by atoms with E-state index >= 15 is 0 Å². The van der Waals surface area contributed by atoms with E-state index < -0.39 is 0 Å². The number of carbonyl (C=O) groups is 2. The number of benzene rings is 1. The van der Waals surface area contributed by atoms with Gasteiger partial charge in [0.05, 0.1) is 25.7 Å². The van der Waals surface area contributed by atoms with Crippen LogP contribution in [-0.4, -0.2) is 61.7 Å². The molecule has 1 amide bonds. The molecular formula is C22H27N3O4. The largest absolute Gasteiger partial charge is 0.497 e. The van der Waals surface area contributed by atoms with Crippen LogP contribution in [0.1, 0.15) is 29.3 Å². The van der Waals surface area contributed by atoms with Gasteiger partial charge in [0.1, 0.15) is 11.6 Å². The van der Waals surface area contributed by atoms with Gasteiger partial charge in [-0.15, -0.1) is 0 Å². The monoisotopic (exact) mass is 397 g/mol. The quantitative estimate of drug-likeness (QED) is 0.698. The Hall–Kier alpha value is -3.09. The lowest BCUT2D eigenvalue weighted by Gasteiger charge is -2.23. The first-order valence-corrected chi connectivity index (χ1v) is 9.89. The highest BCUT2D eigenvalue weighted by atomic mass is 16.5. The van der Waals surface area contributed by atoms with Gasteiger partial charge in [0.25, 0.3) is 0 Å². The average molecular weight is 397 g/mol. The van der Waals surface area contributed by atoms with Gasteiger partial charge in [-0.25, -0.2) is 9.78 Å². The van der Waals surface area contributed by atoms with E-state index in [1.54, 1.807) is 26.3 Å². The van der Waals surface area contributed by atoms with Gasteiger partial charge in [-0.3, -0.25) is 4.79 Å². The second kappa shape index (κ2) is 9.91. The fourth-order valence-corrected chi connectivity index (χ4v) is 3.33. The Kier molecular flexibility index (Phi) is 7.05. The number of pyridine rings is 1. The molecule has 1 aromatic heterocycles. The number of nitrogens with zero attached hydrogens (tertiary/aromatic N) is 3. The summed E-state index contributed by atoms with van der Waals surface area (Å²) in [4.78, 5) is 32.9. The van der Waals surface area contributed by atoms with Crippen molar-refractivity contribution in [2.45, 2.75) is 19.8 Å². The van der Waals surface area contributed by atoms with Crippen molar-refractivity contribution >= 4 is 17.7 Å². The van der Waals surface area contributed by atoms with E-state index in [9.17, 15) is 9.59 Å². The number of amides is 1. The lowest BCUT2D eigenvalue weighted by atomic mass is 10.1. The molecule has 0 spiro atoms. The van der Waals surface area contributed by atoms with Crippen molar-refractivity contribution in [3.05, 3.63) is 53.7 Å². The molecule has 0 aliphatic carbocycles. The molecule has 1 saturated heterocycles. The van der Waals surface area contributed by atoms with E-state index in [4.69, 9.17) is 9.47 Å². The first kappa shape index (κ1) is 20.6. The van der Waals surface area contributed by atoms with E-state index in [0.717, 1.165) is 36.6 Å². The SMILES string of the molecule is CCOC(=O)c1ccc(N2CCCN(C(=O)Cc3ccc(OC)cc3)CC2)nc1. The second-order valence-corrected chi connectivity index (χ2v) is 6.87. The van der Waals surface area contributed by atoms with Crippen LogP contribution >= 0.6 is 0 Å². The van der Waals surface area contributed by atoms with Crippen LogP contribution in [-0.2, 0) is 16.0 Å². The van der Waals surface area contributed by atoms with Crippen LogP contribution in [0.4, 0.5) is 5.82 Å². The molecule has 29 heavy (non-hydrogen) atoms. The Morgan fingerprint density at radius 2 is 1.83 bits per heavy atom. The van der Waals surface area contributed by atoms with Crippen molar-refractivity contribution in [2.24, 2.45) is 0 Å². The van der Waals surface area contributed by atoms with Gasteiger partial charge in [0.2, 0.25) is 5.91 Å². The van der Waals surface area contributed by atoms with Gasteiger partial charge in [0.15, 0.2) is 0 Å². The predicted molar refractivity (Wildman–Crippen MR) is 110 cm³/mol. The molecule has 154 valence electrons. The summed E-state index contributed by atoms with van der Waals surface area (Å²) in [5, 5.41) is 0. The summed E-state index contributed by atoms with van der Waals surface area (Å²) in [6.07, 6.45) is 2.80. The molecule has 0 bridgehead atoms. The van der Waals surface area contributed by atoms with Crippen LogP contribution in [0.25, 0.3) is 0 Å². The average Bonchev–Trinajstić information content (AvgIpc) is 3.01. The maximum absolute atomic E-state index is 12.7. The zero-order valence-corrected chi connectivity index (χ0v) is 17.0. The summed E-state index contributed by atoms with van der Waals surface area (Å²) in [5.74, 6) is 1.36. The van der Waals surface area contributed by atoms with Crippen LogP contribution in [0.15, 0.2) is 42.6 Å². The summed E-state index contributed by atoms with van der Waals surface area (Å²) in [5.41, 5.74) is 1.43. The van der Waals surface area contributed by atoms with Crippen molar-refractivity contribution in [3.63, 3.8) is 0 Å². The van der Waals surface area contributed by atoms with Crippen LogP contribution in [0, 0.1) is 0 Å². The van der Waals surface area contributed by atoms with Gasteiger partial charge in [-0.2, -0.15) is 0 Å². The summed E-state index contributed by atoms with van der Waals surface area (Å²) in [6.45, 7) is 5.02. The van der Waals surface area contributed by atoms with E-state index in [2.05, 4.69) is 9.88 Å². The number of methoxy groups -OCH3 is 1. The number of esters is 1. The fraction of sp³-hybridized carbons (Fsp3) is 0.409. The van der Waals surface area contributed by atoms with Crippen LogP contribution in [0.3, 0.4) is 0 Å². The molecule has 0 atom stereocenters. The molecule has 2 aromatic rings. The Morgan fingerprint density at radius 3 is 2.48 bits per heavy atom. The number of anilines is 1. The fourth-order valence-electron chi connectivity index (χ4n) is 3.33. The third kappa shape index (κ3) is 5.47. The maximum atomic E-state index is 12.7. The Balaban J connectivity index is 1.56. The molecule has 1 aliphatic rings. The first-order chi connectivity index (χ1) is 14.1. The first-order valence-electron chi connectivity index (χ1n) is 9.89. The molecule has 7 heteroatoms. The van der Waals surface area contributed by atoms with Crippen LogP contribution in [0.2, 0.25) is 0 Å². The number of hydrogen-bond acceptors (Lipinski definition) is 6. The summed E-state index contributed by atoms with van der Waals surface area (Å²) < 4.78 is 10.2. The second-order valence-electron chi connectivity index (χ2n) is 6.87. The maximum Gasteiger partial charge on any atom is 0.339 e. The highest BCUT2D eigenvalue weighted by molar-refractivity contribution is 5.89. The minimum Gasteiger partial charge on any atom is -0.497 e. The molecule has 1 aromatic carbocycles. The van der Waals surface area contributed by atoms with Crippen molar-refractivity contribution in [2.75, 3.05) is 44.8 Å². The summed E-state index contributed by atoms with van der Waals surface area (Å²) in [6, 6.07) is 11.2. The number of rotatable bonds is 6. The van der Waals surface area contributed by atoms with Gasteiger partial charge < -0.3 is 19.3 Å². The molecule has 1 aliphatic heterocycles. The normalized spacial score (nSPS) is 14.3. The summed E-state index contributed by atoms with van der Waals surface area (Å²) in [7, 11) is 1.63. The lowest BCUT2D eigenvalue weighted by molar-refractivity contribution is -0.130. The molecule has 1 fully saturated rings. The van der Waals surface area contributed by atoms with Crippen molar-refractivity contribution in [1.29, 1.82) is 0 Å². The number of aromatic nitrogens is 1. The van der Waals surface area contributed by atoms with Crippen molar-refractivity contribution in [3.8, 4) is 5.75 Å². The third-order valence-electron chi connectivity index (χ3n) is 4.95. The molecule has 0 saturated carbocycles. The lowest BCUT2D eigenvalue weighted by Crippen LogP contribution is -2.36. The zero-order valence-electron chi connectivity index (χ0n) is 17.0. The Labute approximate surface area is 171 Å². The van der Waals surface area contributed by atoms with Gasteiger partial charge >= 0.3 is 5.97 Å². The molecule has 0 unspecified atom stereocenters. The predicted octanol–water partition coefficient (Wildman–Crippen LogP) is 2.55. The third-order valence-corrected chi connectivity index (χ3v) is 4.95. The summed E-state index contributed by atoms with van der Waals surface area (Å²) >= 11 is 0. The van der Waals surface area contributed by atoms with Crippen molar-refractivity contribution < 1.29 is 19.1 Å². The smallest absolute Gasteiger partial charge is 0.339 e. The van der Waals surface area contributed by atoms with E-state index in [1.807, 2.05) is 35.2 Å². The molecule has 7 nitrogen and oxygen atoms in total. The standard InChI is InChI=1S/C22H27N3O4/c1-3-29-22(27)18-7-10-20(23-16-18)24-11-4-12-25(14-13-24)21(26)15-17-5-8-19(28-2)9-6-17/h5-10,16H,3-4,11-15H2,1-2H3. The molecule has 0 radical (unpaired) electrons. The minimum absolute atomic E-state index is 0.127. The molecule has 3 rings (SSSR count). The minimum atomic E-state index is -0.363. The molecule has 2 heterocycles. The number of ether oxygens (including phenoxy) is 2. The van der Waals surface area contributed by atoms with Gasteiger partial charge in [-0.05, 0) is 43.2 Å².